The zero-order valence-electron chi connectivity index (χ0n) is 27.1. The number of carbonyl (C=O) groups excluding carboxylic acids is 5. The van der Waals surface area contributed by atoms with Gasteiger partial charge in [-0.1, -0.05) is 52.8 Å². The first-order valence-electron chi connectivity index (χ1n) is 15.7. The molecular formula is C34H43N5O7. The number of alkyl carbamates (subject to hydrolysis) is 1. The lowest BCUT2D eigenvalue weighted by molar-refractivity contribution is -0.143. The van der Waals surface area contributed by atoms with Gasteiger partial charge in [-0.2, -0.15) is 0 Å². The van der Waals surface area contributed by atoms with Crippen LogP contribution in [0.4, 0.5) is 4.79 Å². The van der Waals surface area contributed by atoms with Crippen molar-refractivity contribution >= 4 is 41.4 Å². The van der Waals surface area contributed by atoms with Crippen LogP contribution in [0.25, 0.3) is 11.7 Å². The molecule has 1 unspecified atom stereocenters. The topological polar surface area (TPSA) is 148 Å². The Labute approximate surface area is 268 Å². The summed E-state index contributed by atoms with van der Waals surface area (Å²) in [7, 11) is 0. The highest BCUT2D eigenvalue weighted by Crippen LogP contribution is 2.30. The third-order valence-electron chi connectivity index (χ3n) is 8.91. The first-order valence-corrected chi connectivity index (χ1v) is 15.7. The minimum absolute atomic E-state index is 0.000161. The lowest BCUT2D eigenvalue weighted by Crippen LogP contribution is -2.60. The summed E-state index contributed by atoms with van der Waals surface area (Å²) in [6, 6.07) is 0.899. The number of hydrogen-bond donors (Lipinski definition) is 2. The molecule has 1 saturated carbocycles. The number of hydrogen-bond acceptors (Lipinski definition) is 8. The predicted octanol–water partition coefficient (Wildman–Crippen LogP) is 3.69. The molecule has 0 spiro atoms. The number of nitrogens with zero attached hydrogens (tertiary/aromatic N) is 3. The largest absolute Gasteiger partial charge is 0.456 e. The van der Waals surface area contributed by atoms with Crippen LogP contribution in [0.15, 0.2) is 43.3 Å². The number of imidazole rings is 1. The highest BCUT2D eigenvalue weighted by molar-refractivity contribution is 5.98. The van der Waals surface area contributed by atoms with Crippen LogP contribution in [0.3, 0.4) is 0 Å². The normalized spacial score (nSPS) is 28.1. The van der Waals surface area contributed by atoms with Crippen LogP contribution in [-0.4, -0.2) is 81.3 Å². The van der Waals surface area contributed by atoms with Gasteiger partial charge >= 0.3 is 12.1 Å². The van der Waals surface area contributed by atoms with Gasteiger partial charge in [0.15, 0.2) is 11.5 Å². The fourth-order valence-corrected chi connectivity index (χ4v) is 6.05. The quantitative estimate of drug-likeness (QED) is 0.384. The smallest absolute Gasteiger partial charge is 0.407 e. The number of fused-ring (bicyclic) bond motifs is 3. The monoisotopic (exact) mass is 633 g/mol. The highest BCUT2D eigenvalue weighted by atomic mass is 16.6. The summed E-state index contributed by atoms with van der Waals surface area (Å²) in [4.78, 5) is 72.4. The molecule has 246 valence electrons. The zero-order valence-corrected chi connectivity index (χ0v) is 27.1. The van der Waals surface area contributed by atoms with Crippen molar-refractivity contribution in [3.05, 3.63) is 54.5 Å². The van der Waals surface area contributed by atoms with Gasteiger partial charge in [-0.05, 0) is 35.8 Å². The van der Waals surface area contributed by atoms with Gasteiger partial charge in [-0.25, -0.2) is 14.6 Å². The van der Waals surface area contributed by atoms with Crippen molar-refractivity contribution < 1.29 is 33.4 Å². The Morgan fingerprint density at radius 1 is 1.22 bits per heavy atom. The Balaban J connectivity index is 1.48. The van der Waals surface area contributed by atoms with E-state index in [4.69, 9.17) is 9.47 Å². The van der Waals surface area contributed by atoms with Gasteiger partial charge in [0.05, 0.1) is 19.2 Å². The van der Waals surface area contributed by atoms with Gasteiger partial charge in [0.1, 0.15) is 23.8 Å². The van der Waals surface area contributed by atoms with E-state index in [0.717, 1.165) is 12.0 Å². The van der Waals surface area contributed by atoms with E-state index in [1.807, 2.05) is 38.1 Å². The summed E-state index contributed by atoms with van der Waals surface area (Å²) in [6.45, 7) is 13.2. The average molecular weight is 634 g/mol. The number of carbonyl (C=O) groups is 5. The van der Waals surface area contributed by atoms with Gasteiger partial charge in [0, 0.05) is 36.7 Å². The molecule has 4 bridgehead atoms. The van der Waals surface area contributed by atoms with Crippen LogP contribution in [0.1, 0.15) is 76.4 Å². The third-order valence-corrected chi connectivity index (χ3v) is 8.91. The van der Waals surface area contributed by atoms with Crippen LogP contribution in [-0.2, 0) is 23.9 Å². The molecule has 2 aromatic rings. The van der Waals surface area contributed by atoms with Crippen molar-refractivity contribution in [1.29, 1.82) is 0 Å². The maximum absolute atomic E-state index is 14.2. The lowest BCUT2D eigenvalue weighted by Gasteiger charge is -2.37. The van der Waals surface area contributed by atoms with Crippen LogP contribution in [0.5, 0.6) is 0 Å². The summed E-state index contributed by atoms with van der Waals surface area (Å²) in [5, 5.41) is 5.50. The molecule has 12 heteroatoms. The Hall–Kier alpha value is -4.48. The fraction of sp³-hybridized carbons (Fsp3) is 0.529. The SMILES string of the molecule is C=C[C@@H]1CC(=O)C1NC(=O)[C@@H]1C[C@@H]2CN1C(=O)[C@H](C(C)(C)C)NC(=O)OCC(C)(C)CC/C=C/c1cccn3cc(nc13)C(=O)O2. The molecule has 1 saturated heterocycles. The first kappa shape index (κ1) is 32.9. The van der Waals surface area contributed by atoms with E-state index in [2.05, 4.69) is 22.2 Å². The van der Waals surface area contributed by atoms with Crippen molar-refractivity contribution in [3.8, 4) is 0 Å². The van der Waals surface area contributed by atoms with E-state index < -0.39 is 53.5 Å². The Bertz CT molecular complexity index is 1590. The van der Waals surface area contributed by atoms with Crippen molar-refractivity contribution in [2.45, 2.75) is 84.5 Å². The number of aromatic nitrogens is 2. The minimum Gasteiger partial charge on any atom is -0.456 e. The van der Waals surface area contributed by atoms with Crippen molar-refractivity contribution in [3.63, 3.8) is 0 Å². The van der Waals surface area contributed by atoms with E-state index in [-0.39, 0.29) is 48.8 Å². The summed E-state index contributed by atoms with van der Waals surface area (Å²) >= 11 is 0. The molecule has 2 N–H and O–H groups in total. The third kappa shape index (κ3) is 7.00. The second kappa shape index (κ2) is 12.7. The van der Waals surface area contributed by atoms with E-state index >= 15 is 0 Å². The molecule has 4 heterocycles. The van der Waals surface area contributed by atoms with Crippen molar-refractivity contribution in [1.82, 2.24) is 24.9 Å². The number of allylic oxidation sites excluding steroid dienone is 1. The Kier molecular flexibility index (Phi) is 9.10. The molecule has 3 amide bonds. The van der Waals surface area contributed by atoms with Crippen LogP contribution in [0, 0.1) is 16.7 Å². The summed E-state index contributed by atoms with van der Waals surface area (Å²) < 4.78 is 13.2. The number of cyclic esters (lactones) is 1. The fourth-order valence-electron chi connectivity index (χ4n) is 6.05. The number of ketones is 1. The first-order chi connectivity index (χ1) is 21.7. The summed E-state index contributed by atoms with van der Waals surface area (Å²) in [6.07, 6.45) is 9.08. The molecular weight excluding hydrogens is 590 g/mol. The number of Topliss-reactive ketones (excluding diaryl/α,β-unsaturated/α-hetero) is 1. The van der Waals surface area contributed by atoms with Gasteiger partial charge in [0.2, 0.25) is 11.8 Å². The molecule has 2 aromatic heterocycles. The summed E-state index contributed by atoms with van der Waals surface area (Å²) in [5.41, 5.74) is 0.362. The molecule has 5 rings (SSSR count). The molecule has 12 nitrogen and oxygen atoms in total. The molecule has 3 aliphatic rings. The zero-order chi connectivity index (χ0) is 33.4. The number of nitrogens with one attached hydrogen (secondary N) is 2. The lowest BCUT2D eigenvalue weighted by atomic mass is 9.78. The number of esters is 1. The van der Waals surface area contributed by atoms with Crippen LogP contribution in [0.2, 0.25) is 0 Å². The maximum Gasteiger partial charge on any atom is 0.407 e. The molecule has 2 fully saturated rings. The maximum atomic E-state index is 14.2. The highest BCUT2D eigenvalue weighted by Gasteiger charge is 2.48. The average Bonchev–Trinajstić information content (AvgIpc) is 3.62. The van der Waals surface area contributed by atoms with Crippen molar-refractivity contribution in [2.75, 3.05) is 13.2 Å². The predicted molar refractivity (Wildman–Crippen MR) is 170 cm³/mol. The van der Waals surface area contributed by atoms with Crippen LogP contribution >= 0.6 is 0 Å². The van der Waals surface area contributed by atoms with Gasteiger partial charge in [0.25, 0.3) is 0 Å². The van der Waals surface area contributed by atoms with Gasteiger partial charge < -0.3 is 29.4 Å². The second-order valence-corrected chi connectivity index (χ2v) is 14.3. The van der Waals surface area contributed by atoms with E-state index in [1.165, 1.54) is 4.90 Å². The van der Waals surface area contributed by atoms with Crippen molar-refractivity contribution in [2.24, 2.45) is 16.7 Å². The van der Waals surface area contributed by atoms with Crippen LogP contribution < -0.4 is 10.6 Å². The number of pyridine rings is 1. The molecule has 2 aliphatic heterocycles. The van der Waals surface area contributed by atoms with Gasteiger partial charge in [-0.3, -0.25) is 14.4 Å². The molecule has 1 aliphatic carbocycles. The van der Waals surface area contributed by atoms with E-state index in [1.54, 1.807) is 43.6 Å². The van der Waals surface area contributed by atoms with E-state index in [0.29, 0.717) is 12.1 Å². The van der Waals surface area contributed by atoms with E-state index in [9.17, 15) is 24.0 Å². The van der Waals surface area contributed by atoms with Gasteiger partial charge in [-0.15, -0.1) is 6.58 Å². The molecule has 5 atom stereocenters. The standard InChI is InChI=1S/C34H43N5O7/c1-7-20-15-25(40)26(20)36-29(41)24-16-22-17-39(24)30(42)27(33(2,3)4)37-32(44)45-19-34(5,6)13-9-8-11-21-12-10-14-38-18-23(31(43)46-22)35-28(21)38/h7-8,10-12,14,18,20,22,24,26-27H,1,9,13,15-17,19H2,2-6H3,(H,36,41)(H,37,44)/b11-8+/t20-,22-,24+,26?,27-/m1/s1. The molecule has 0 aromatic carbocycles. The Morgan fingerprint density at radius 3 is 2.67 bits per heavy atom. The summed E-state index contributed by atoms with van der Waals surface area (Å²) in [5.74, 6) is -2.09. The Morgan fingerprint density at radius 2 is 1.98 bits per heavy atom. The minimum atomic E-state index is -1.07. The molecule has 46 heavy (non-hydrogen) atoms. The number of ether oxygens (including phenoxy) is 2. The molecule has 0 radical (unpaired) electrons. The number of amides is 3. The second-order valence-electron chi connectivity index (χ2n) is 14.3. The number of rotatable bonds is 3.